The molecule has 1 aromatic carbocycles. The first-order valence-electron chi connectivity index (χ1n) is 4.92. The molecule has 0 saturated carbocycles. The van der Waals surface area contributed by atoms with Crippen LogP contribution in [0.1, 0.15) is 5.82 Å². The zero-order valence-corrected chi connectivity index (χ0v) is 13.1. The van der Waals surface area contributed by atoms with Gasteiger partial charge in [-0.15, -0.1) is 0 Å². The molecule has 0 bridgehead atoms. The minimum absolute atomic E-state index is 0. The SMILES string of the molecule is O=C([O-])Cc1nc(-c2cccc([N+](=O)[O-])c2)n[nH]1.[K+]. The first-order valence-corrected chi connectivity index (χ1v) is 4.92. The van der Waals surface area contributed by atoms with Crippen LogP contribution >= 0.6 is 0 Å². The molecule has 0 aliphatic rings. The van der Waals surface area contributed by atoms with Crippen molar-refractivity contribution in [2.75, 3.05) is 0 Å². The van der Waals surface area contributed by atoms with Crippen molar-refractivity contribution in [1.29, 1.82) is 0 Å². The first kappa shape index (κ1) is 15.9. The van der Waals surface area contributed by atoms with Gasteiger partial charge in [-0.05, 0) is 0 Å². The van der Waals surface area contributed by atoms with Gasteiger partial charge in [0.15, 0.2) is 5.82 Å². The average molecular weight is 286 g/mol. The molecule has 1 N–H and O–H groups in total. The topological polar surface area (TPSA) is 125 Å². The molecular formula is C10H7KN4O4. The largest absolute Gasteiger partial charge is 1.00 e. The molecular weight excluding hydrogens is 279 g/mol. The van der Waals surface area contributed by atoms with Gasteiger partial charge in [0.25, 0.3) is 5.69 Å². The third-order valence-electron chi connectivity index (χ3n) is 2.16. The summed E-state index contributed by atoms with van der Waals surface area (Å²) in [6.07, 6.45) is -0.387. The number of H-pyrrole nitrogens is 1. The Morgan fingerprint density at radius 3 is 2.79 bits per heavy atom. The molecule has 0 radical (unpaired) electrons. The van der Waals surface area contributed by atoms with Gasteiger partial charge in [0.1, 0.15) is 5.82 Å². The van der Waals surface area contributed by atoms with Crippen molar-refractivity contribution >= 4 is 11.7 Å². The number of hydrogen-bond acceptors (Lipinski definition) is 6. The minimum atomic E-state index is -1.28. The van der Waals surface area contributed by atoms with Crippen LogP contribution in [0.4, 0.5) is 5.69 Å². The number of carboxylic acid groups (broad SMARTS) is 1. The fourth-order valence-electron chi connectivity index (χ4n) is 1.40. The van der Waals surface area contributed by atoms with Crippen LogP contribution < -0.4 is 56.5 Å². The van der Waals surface area contributed by atoms with Crippen molar-refractivity contribution in [3.05, 3.63) is 40.2 Å². The second kappa shape index (κ2) is 6.87. The first-order chi connectivity index (χ1) is 8.56. The third kappa shape index (κ3) is 4.18. The maximum atomic E-state index is 10.6. The van der Waals surface area contributed by atoms with E-state index in [1.807, 2.05) is 0 Å². The van der Waals surface area contributed by atoms with Gasteiger partial charge >= 0.3 is 51.4 Å². The molecule has 1 heterocycles. The second-order valence-electron chi connectivity index (χ2n) is 3.46. The van der Waals surface area contributed by atoms with Crippen LogP contribution in [-0.4, -0.2) is 26.1 Å². The van der Waals surface area contributed by atoms with Crippen LogP contribution in [0, 0.1) is 10.1 Å². The number of carbonyl (C=O) groups is 1. The molecule has 8 nitrogen and oxygen atoms in total. The fraction of sp³-hybridized carbons (Fsp3) is 0.100. The van der Waals surface area contributed by atoms with E-state index >= 15 is 0 Å². The van der Waals surface area contributed by atoms with Gasteiger partial charge in [0.2, 0.25) is 0 Å². The number of hydrogen-bond donors (Lipinski definition) is 1. The van der Waals surface area contributed by atoms with E-state index in [2.05, 4.69) is 15.2 Å². The number of nitro groups is 1. The van der Waals surface area contributed by atoms with Crippen molar-refractivity contribution in [3.63, 3.8) is 0 Å². The quantitative estimate of drug-likeness (QED) is 0.356. The van der Waals surface area contributed by atoms with Crippen molar-refractivity contribution in [1.82, 2.24) is 15.2 Å². The molecule has 2 rings (SSSR count). The van der Waals surface area contributed by atoms with E-state index in [1.165, 1.54) is 18.2 Å². The van der Waals surface area contributed by atoms with Crippen LogP contribution in [0.15, 0.2) is 24.3 Å². The van der Waals surface area contributed by atoms with Crippen molar-refractivity contribution in [3.8, 4) is 11.4 Å². The maximum Gasteiger partial charge on any atom is 1.00 e. The van der Waals surface area contributed by atoms with Gasteiger partial charge < -0.3 is 9.90 Å². The molecule has 92 valence electrons. The summed E-state index contributed by atoms with van der Waals surface area (Å²) in [5.74, 6) is -0.941. The predicted molar refractivity (Wildman–Crippen MR) is 57.2 cm³/mol. The van der Waals surface area contributed by atoms with E-state index < -0.39 is 10.9 Å². The molecule has 0 unspecified atom stereocenters. The van der Waals surface area contributed by atoms with E-state index in [0.717, 1.165) is 0 Å². The molecule has 19 heavy (non-hydrogen) atoms. The van der Waals surface area contributed by atoms with Crippen LogP contribution in [0.5, 0.6) is 0 Å². The molecule has 9 heteroatoms. The van der Waals surface area contributed by atoms with E-state index in [9.17, 15) is 20.0 Å². The van der Waals surface area contributed by atoms with E-state index in [4.69, 9.17) is 0 Å². The predicted octanol–water partition coefficient (Wildman–Crippen LogP) is -3.32. The smallest absolute Gasteiger partial charge is 0.550 e. The number of carboxylic acids is 1. The van der Waals surface area contributed by atoms with E-state index in [0.29, 0.717) is 5.56 Å². The Hall–Kier alpha value is -1.13. The second-order valence-corrected chi connectivity index (χ2v) is 3.46. The molecule has 0 spiro atoms. The number of benzene rings is 1. The van der Waals surface area contributed by atoms with Crippen LogP contribution in [-0.2, 0) is 11.2 Å². The summed E-state index contributed by atoms with van der Waals surface area (Å²) in [4.78, 5) is 24.4. The average Bonchev–Trinajstić information content (AvgIpc) is 2.77. The van der Waals surface area contributed by atoms with Crippen molar-refractivity contribution in [2.45, 2.75) is 6.42 Å². The van der Waals surface area contributed by atoms with Crippen LogP contribution in [0.2, 0.25) is 0 Å². The number of nitrogens with zero attached hydrogens (tertiary/aromatic N) is 3. The van der Waals surface area contributed by atoms with Gasteiger partial charge in [-0.1, -0.05) is 12.1 Å². The number of non-ortho nitro benzene ring substituents is 1. The summed E-state index contributed by atoms with van der Waals surface area (Å²) in [5, 5.41) is 27.2. The van der Waals surface area contributed by atoms with Gasteiger partial charge in [0, 0.05) is 30.1 Å². The fourth-order valence-corrected chi connectivity index (χ4v) is 1.40. The molecule has 0 fully saturated rings. The number of aliphatic carboxylic acids is 1. The number of nitro benzene ring substituents is 1. The standard InChI is InChI=1S/C10H8N4O4.K/c15-9(16)5-8-11-10(13-12-8)6-2-1-3-7(4-6)14(17)18;/h1-4H,5H2,(H,15,16)(H,11,12,13);/q;+1/p-1. The van der Waals surface area contributed by atoms with Gasteiger partial charge in [-0.25, -0.2) is 4.98 Å². The maximum absolute atomic E-state index is 10.6. The Morgan fingerprint density at radius 1 is 1.42 bits per heavy atom. The molecule has 0 saturated heterocycles. The minimum Gasteiger partial charge on any atom is -0.550 e. The normalized spacial score (nSPS) is 9.68. The molecule has 0 aliphatic heterocycles. The molecule has 2 aromatic rings. The Balaban J connectivity index is 0.00000180. The summed E-state index contributed by atoms with van der Waals surface area (Å²) < 4.78 is 0. The summed E-state index contributed by atoms with van der Waals surface area (Å²) in [7, 11) is 0. The summed E-state index contributed by atoms with van der Waals surface area (Å²) >= 11 is 0. The van der Waals surface area contributed by atoms with Crippen LogP contribution in [0.3, 0.4) is 0 Å². The van der Waals surface area contributed by atoms with Crippen LogP contribution in [0.25, 0.3) is 11.4 Å². The summed E-state index contributed by atoms with van der Waals surface area (Å²) in [6, 6.07) is 5.76. The molecule has 0 aliphatic carbocycles. The number of rotatable bonds is 4. The number of nitrogens with one attached hydrogen (secondary N) is 1. The molecule has 1 aromatic heterocycles. The Kier molecular flexibility index (Phi) is 5.75. The Morgan fingerprint density at radius 2 is 2.16 bits per heavy atom. The number of aromatic nitrogens is 3. The monoisotopic (exact) mass is 286 g/mol. The zero-order chi connectivity index (χ0) is 13.1. The number of carbonyl (C=O) groups excluding carboxylic acids is 1. The van der Waals surface area contributed by atoms with Crippen molar-refractivity contribution in [2.24, 2.45) is 0 Å². The molecule has 0 amide bonds. The number of aromatic amines is 1. The Bertz CT molecular complexity index is 613. The van der Waals surface area contributed by atoms with Crippen molar-refractivity contribution < 1.29 is 66.2 Å². The Labute approximate surface area is 149 Å². The van der Waals surface area contributed by atoms with E-state index in [1.54, 1.807) is 6.07 Å². The summed E-state index contributed by atoms with van der Waals surface area (Å²) in [5.41, 5.74) is 0.351. The van der Waals surface area contributed by atoms with Gasteiger partial charge in [-0.2, -0.15) is 5.10 Å². The third-order valence-corrected chi connectivity index (χ3v) is 2.16. The zero-order valence-electron chi connectivity index (χ0n) is 9.99. The van der Waals surface area contributed by atoms with Gasteiger partial charge in [0.05, 0.1) is 4.92 Å². The summed E-state index contributed by atoms with van der Waals surface area (Å²) in [6.45, 7) is 0. The van der Waals surface area contributed by atoms with E-state index in [-0.39, 0.29) is 75.1 Å². The molecule has 0 atom stereocenters. The van der Waals surface area contributed by atoms with Gasteiger partial charge in [-0.3, -0.25) is 15.2 Å².